The van der Waals surface area contributed by atoms with Crippen molar-refractivity contribution in [3.63, 3.8) is 0 Å². The molecule has 138 valence electrons. The summed E-state index contributed by atoms with van der Waals surface area (Å²) in [6, 6.07) is 10.5. The summed E-state index contributed by atoms with van der Waals surface area (Å²) >= 11 is 0. The number of benzene rings is 1. The van der Waals surface area contributed by atoms with E-state index in [1.54, 1.807) is 0 Å². The molecular formula is C19H29N3O3. The molecule has 1 aromatic carbocycles. The first-order valence-corrected chi connectivity index (χ1v) is 9.05. The van der Waals surface area contributed by atoms with E-state index < -0.39 is 0 Å². The molecule has 6 heteroatoms. The zero-order valence-corrected chi connectivity index (χ0v) is 15.1. The Morgan fingerprint density at radius 3 is 2.48 bits per heavy atom. The number of piperazine rings is 1. The number of amides is 2. The lowest BCUT2D eigenvalue weighted by Gasteiger charge is -2.34. The second kappa shape index (κ2) is 10.7. The maximum Gasteiger partial charge on any atom is 0.317 e. The van der Waals surface area contributed by atoms with E-state index in [1.165, 1.54) is 12.7 Å². The summed E-state index contributed by atoms with van der Waals surface area (Å²) in [6.45, 7) is 5.01. The van der Waals surface area contributed by atoms with Crippen LogP contribution in [0.4, 0.5) is 4.79 Å². The second-order valence-electron chi connectivity index (χ2n) is 6.33. The van der Waals surface area contributed by atoms with Crippen LogP contribution < -0.4 is 5.32 Å². The van der Waals surface area contributed by atoms with Crippen molar-refractivity contribution in [1.82, 2.24) is 15.1 Å². The topological polar surface area (TPSA) is 61.9 Å². The molecule has 1 saturated heterocycles. The number of carbonyl (C=O) groups excluding carboxylic acids is 2. The van der Waals surface area contributed by atoms with Crippen molar-refractivity contribution < 1.29 is 14.3 Å². The molecule has 25 heavy (non-hydrogen) atoms. The molecule has 1 fully saturated rings. The number of carbonyl (C=O) groups is 2. The van der Waals surface area contributed by atoms with E-state index in [0.717, 1.165) is 52.0 Å². The standard InChI is InChI=1S/C19H29N3O3/c1-25-18(23)9-5-6-11-20-19(24)22-15-13-21(14-16-22)12-10-17-7-3-2-4-8-17/h2-4,7-8H,5-6,9-16H2,1H3,(H,20,24). The van der Waals surface area contributed by atoms with Crippen molar-refractivity contribution >= 4 is 12.0 Å². The quantitative estimate of drug-likeness (QED) is 0.576. The van der Waals surface area contributed by atoms with Gasteiger partial charge >= 0.3 is 12.0 Å². The van der Waals surface area contributed by atoms with E-state index in [-0.39, 0.29) is 12.0 Å². The molecule has 0 atom stereocenters. The Hall–Kier alpha value is -2.08. The fraction of sp³-hybridized carbons (Fsp3) is 0.579. The lowest BCUT2D eigenvalue weighted by atomic mass is 10.1. The molecule has 1 heterocycles. The van der Waals surface area contributed by atoms with E-state index in [1.807, 2.05) is 11.0 Å². The van der Waals surface area contributed by atoms with Gasteiger partial charge in [0.25, 0.3) is 0 Å². The highest BCUT2D eigenvalue weighted by atomic mass is 16.5. The lowest BCUT2D eigenvalue weighted by Crippen LogP contribution is -2.52. The third-order valence-corrected chi connectivity index (χ3v) is 4.53. The van der Waals surface area contributed by atoms with Crippen LogP contribution in [0.3, 0.4) is 0 Å². The Kier molecular flexibility index (Phi) is 8.25. The zero-order valence-electron chi connectivity index (χ0n) is 15.1. The average molecular weight is 347 g/mol. The van der Waals surface area contributed by atoms with Crippen molar-refractivity contribution in [3.8, 4) is 0 Å². The molecule has 2 rings (SSSR count). The highest BCUT2D eigenvalue weighted by molar-refractivity contribution is 5.74. The monoisotopic (exact) mass is 347 g/mol. The van der Waals surface area contributed by atoms with Crippen LogP contribution in [0.25, 0.3) is 0 Å². The molecule has 0 unspecified atom stereocenters. The summed E-state index contributed by atoms with van der Waals surface area (Å²) in [5, 5.41) is 2.93. The first-order valence-electron chi connectivity index (χ1n) is 9.05. The molecular weight excluding hydrogens is 318 g/mol. The number of nitrogens with zero attached hydrogens (tertiary/aromatic N) is 2. The molecule has 1 aliphatic rings. The maximum absolute atomic E-state index is 12.1. The number of hydrogen-bond acceptors (Lipinski definition) is 4. The van der Waals surface area contributed by atoms with Gasteiger partial charge in [0.05, 0.1) is 7.11 Å². The number of nitrogens with one attached hydrogen (secondary N) is 1. The van der Waals surface area contributed by atoms with Gasteiger partial charge in [-0.1, -0.05) is 30.3 Å². The molecule has 6 nitrogen and oxygen atoms in total. The molecule has 1 N–H and O–H groups in total. The van der Waals surface area contributed by atoms with E-state index in [2.05, 4.69) is 39.2 Å². The first kappa shape index (κ1) is 19.2. The van der Waals surface area contributed by atoms with Crippen molar-refractivity contribution in [1.29, 1.82) is 0 Å². The van der Waals surface area contributed by atoms with Crippen LogP contribution in [0, 0.1) is 0 Å². The van der Waals surface area contributed by atoms with E-state index in [0.29, 0.717) is 13.0 Å². The molecule has 1 aliphatic heterocycles. The number of urea groups is 1. The average Bonchev–Trinajstić information content (AvgIpc) is 2.67. The molecule has 0 saturated carbocycles. The first-order chi connectivity index (χ1) is 12.2. The Morgan fingerprint density at radius 2 is 1.80 bits per heavy atom. The molecule has 2 amide bonds. The van der Waals surface area contributed by atoms with Crippen LogP contribution in [-0.4, -0.2) is 68.2 Å². The Morgan fingerprint density at radius 1 is 1.08 bits per heavy atom. The van der Waals surface area contributed by atoms with Crippen LogP contribution >= 0.6 is 0 Å². The third kappa shape index (κ3) is 7.13. The summed E-state index contributed by atoms with van der Waals surface area (Å²) in [6.07, 6.45) is 2.98. The van der Waals surface area contributed by atoms with Gasteiger partial charge in [-0.15, -0.1) is 0 Å². The molecule has 0 aromatic heterocycles. The molecule has 0 bridgehead atoms. The molecule has 0 spiro atoms. The van der Waals surface area contributed by atoms with Crippen molar-refractivity contribution in [2.45, 2.75) is 25.7 Å². The van der Waals surface area contributed by atoms with Crippen molar-refractivity contribution in [3.05, 3.63) is 35.9 Å². The molecule has 0 radical (unpaired) electrons. The predicted molar refractivity (Wildman–Crippen MR) is 97.4 cm³/mol. The number of unbranched alkanes of at least 4 members (excludes halogenated alkanes) is 1. The van der Waals surface area contributed by atoms with Gasteiger partial charge in [0, 0.05) is 45.7 Å². The normalized spacial score (nSPS) is 15.0. The van der Waals surface area contributed by atoms with Gasteiger partial charge in [-0.2, -0.15) is 0 Å². The van der Waals surface area contributed by atoms with Crippen LogP contribution in [0.2, 0.25) is 0 Å². The van der Waals surface area contributed by atoms with Crippen LogP contribution in [0.1, 0.15) is 24.8 Å². The van der Waals surface area contributed by atoms with Gasteiger partial charge < -0.3 is 15.0 Å². The van der Waals surface area contributed by atoms with Gasteiger partial charge in [0.2, 0.25) is 0 Å². The number of rotatable bonds is 8. The van der Waals surface area contributed by atoms with Gasteiger partial charge in [-0.3, -0.25) is 9.69 Å². The fourth-order valence-electron chi connectivity index (χ4n) is 2.91. The van der Waals surface area contributed by atoms with Gasteiger partial charge in [-0.25, -0.2) is 4.79 Å². The van der Waals surface area contributed by atoms with Crippen LogP contribution in [0.15, 0.2) is 30.3 Å². The van der Waals surface area contributed by atoms with E-state index >= 15 is 0 Å². The Bertz CT molecular complexity index is 528. The summed E-state index contributed by atoms with van der Waals surface area (Å²) in [5.41, 5.74) is 1.36. The van der Waals surface area contributed by atoms with Crippen molar-refractivity contribution in [2.75, 3.05) is 46.4 Å². The highest BCUT2D eigenvalue weighted by Gasteiger charge is 2.20. The number of methoxy groups -OCH3 is 1. The van der Waals surface area contributed by atoms with Crippen molar-refractivity contribution in [2.24, 2.45) is 0 Å². The summed E-state index contributed by atoms with van der Waals surface area (Å²) < 4.78 is 4.59. The summed E-state index contributed by atoms with van der Waals surface area (Å²) in [7, 11) is 1.39. The number of hydrogen-bond donors (Lipinski definition) is 1. The van der Waals surface area contributed by atoms with Crippen LogP contribution in [0.5, 0.6) is 0 Å². The van der Waals surface area contributed by atoms with Gasteiger partial charge in [-0.05, 0) is 24.8 Å². The number of esters is 1. The largest absolute Gasteiger partial charge is 0.469 e. The fourth-order valence-corrected chi connectivity index (χ4v) is 2.91. The van der Waals surface area contributed by atoms with E-state index in [9.17, 15) is 9.59 Å². The lowest BCUT2D eigenvalue weighted by molar-refractivity contribution is -0.140. The third-order valence-electron chi connectivity index (χ3n) is 4.53. The summed E-state index contributed by atoms with van der Waals surface area (Å²) in [4.78, 5) is 27.4. The second-order valence-corrected chi connectivity index (χ2v) is 6.33. The Labute approximate surface area is 150 Å². The minimum atomic E-state index is -0.196. The minimum Gasteiger partial charge on any atom is -0.469 e. The molecule has 0 aliphatic carbocycles. The summed E-state index contributed by atoms with van der Waals surface area (Å²) in [5.74, 6) is -0.196. The maximum atomic E-state index is 12.1. The zero-order chi connectivity index (χ0) is 17.9. The predicted octanol–water partition coefficient (Wildman–Crippen LogP) is 1.90. The Balaban J connectivity index is 1.56. The number of ether oxygens (including phenoxy) is 1. The van der Waals surface area contributed by atoms with Gasteiger partial charge in [0.1, 0.15) is 0 Å². The van der Waals surface area contributed by atoms with Crippen LogP contribution in [-0.2, 0) is 16.0 Å². The highest BCUT2D eigenvalue weighted by Crippen LogP contribution is 2.06. The smallest absolute Gasteiger partial charge is 0.317 e. The minimum absolute atomic E-state index is 0.000720. The van der Waals surface area contributed by atoms with Gasteiger partial charge in [0.15, 0.2) is 0 Å². The van der Waals surface area contributed by atoms with E-state index in [4.69, 9.17) is 0 Å². The molecule has 1 aromatic rings. The SMILES string of the molecule is COC(=O)CCCCNC(=O)N1CCN(CCc2ccccc2)CC1.